The van der Waals surface area contributed by atoms with Gasteiger partial charge in [0, 0.05) is 19.3 Å². The number of aryl methyl sites for hydroxylation is 1. The molecule has 0 saturated heterocycles. The lowest BCUT2D eigenvalue weighted by Crippen LogP contribution is -2.37. The predicted molar refractivity (Wildman–Crippen MR) is 133 cm³/mol. The molecule has 0 aliphatic rings. The van der Waals surface area contributed by atoms with Crippen LogP contribution in [0.1, 0.15) is 11.1 Å². The maximum absolute atomic E-state index is 12.8. The maximum Gasteiger partial charge on any atom is 0.264 e. The van der Waals surface area contributed by atoms with Crippen molar-refractivity contribution in [3.63, 3.8) is 0 Å². The number of carbonyl (C=O) groups excluding carboxylic acids is 1. The smallest absolute Gasteiger partial charge is 0.264 e. The molecule has 0 radical (unpaired) electrons. The molecule has 0 atom stereocenters. The Hall–Kier alpha value is -3.27. The highest BCUT2D eigenvalue weighted by Crippen LogP contribution is 2.19. The molecule has 0 aromatic heterocycles. The second kappa shape index (κ2) is 11.0. The third-order valence-corrected chi connectivity index (χ3v) is 6.73. The van der Waals surface area contributed by atoms with Gasteiger partial charge in [-0.25, -0.2) is 8.42 Å². The zero-order chi connectivity index (χ0) is 23.8. The number of nitrogens with one attached hydrogen (secondary N) is 2. The average Bonchev–Trinajstić information content (AvgIpc) is 2.79. The number of anilines is 1. The first-order chi connectivity index (χ1) is 15.7. The van der Waals surface area contributed by atoms with Gasteiger partial charge in [-0.05, 0) is 61.1 Å². The minimum atomic E-state index is -3.65. The number of nitrogens with zero attached hydrogens (tertiary/aromatic N) is 1. The maximum atomic E-state index is 12.8. The molecule has 1 amide bonds. The highest BCUT2D eigenvalue weighted by atomic mass is 32.2. The van der Waals surface area contributed by atoms with E-state index in [0.717, 1.165) is 11.1 Å². The monoisotopic (exact) mass is 483 g/mol. The van der Waals surface area contributed by atoms with Crippen LogP contribution in [0.25, 0.3) is 0 Å². The molecule has 0 aliphatic heterocycles. The van der Waals surface area contributed by atoms with Gasteiger partial charge in [0.2, 0.25) is 10.0 Å². The molecule has 9 heteroatoms. The average molecular weight is 484 g/mol. The van der Waals surface area contributed by atoms with Gasteiger partial charge in [0.15, 0.2) is 11.7 Å². The van der Waals surface area contributed by atoms with E-state index in [-0.39, 0.29) is 23.2 Å². The van der Waals surface area contributed by atoms with E-state index in [4.69, 9.17) is 17.0 Å². The second-order valence-corrected chi connectivity index (χ2v) is 9.83. The van der Waals surface area contributed by atoms with Crippen molar-refractivity contribution in [3.05, 3.63) is 90.0 Å². The minimum Gasteiger partial charge on any atom is -0.484 e. The molecule has 0 heterocycles. The lowest BCUT2D eigenvalue weighted by molar-refractivity contribution is -0.121. The standard InChI is InChI=1S/C24H25N3O4S2/c1-18-8-12-21(13-9-18)31-17-23(28)26-24(32)25-20-10-14-22(15-11-20)33(29,30)27(2)16-19-6-4-3-5-7-19/h3-15H,16-17H2,1-2H3,(H2,25,26,28,32). The summed E-state index contributed by atoms with van der Waals surface area (Å²) >= 11 is 5.16. The van der Waals surface area contributed by atoms with Crippen LogP contribution in [0.4, 0.5) is 5.69 Å². The first-order valence-electron chi connectivity index (χ1n) is 10.1. The van der Waals surface area contributed by atoms with Crippen molar-refractivity contribution in [3.8, 4) is 5.75 Å². The fourth-order valence-electron chi connectivity index (χ4n) is 2.92. The normalized spacial score (nSPS) is 11.1. The van der Waals surface area contributed by atoms with E-state index in [0.29, 0.717) is 11.4 Å². The van der Waals surface area contributed by atoms with E-state index < -0.39 is 15.9 Å². The van der Waals surface area contributed by atoms with Crippen LogP contribution in [-0.2, 0) is 21.4 Å². The summed E-state index contributed by atoms with van der Waals surface area (Å²) in [5, 5.41) is 5.48. The zero-order valence-corrected chi connectivity index (χ0v) is 19.9. The minimum absolute atomic E-state index is 0.0873. The van der Waals surface area contributed by atoms with E-state index in [1.807, 2.05) is 49.4 Å². The first-order valence-corrected chi connectivity index (χ1v) is 12.0. The Bertz CT molecular complexity index is 1200. The molecular formula is C24H25N3O4S2. The molecule has 3 aromatic rings. The largest absolute Gasteiger partial charge is 0.484 e. The van der Waals surface area contributed by atoms with Gasteiger partial charge in [0.05, 0.1) is 4.90 Å². The van der Waals surface area contributed by atoms with Crippen molar-refractivity contribution in [2.24, 2.45) is 0 Å². The molecule has 172 valence electrons. The van der Waals surface area contributed by atoms with Crippen LogP contribution in [0.2, 0.25) is 0 Å². The quantitative estimate of drug-likeness (QED) is 0.475. The number of benzene rings is 3. The zero-order valence-electron chi connectivity index (χ0n) is 18.3. The van der Waals surface area contributed by atoms with Gasteiger partial charge in [-0.3, -0.25) is 10.1 Å². The Morgan fingerprint density at radius 1 is 0.970 bits per heavy atom. The summed E-state index contributed by atoms with van der Waals surface area (Å²) in [6, 6.07) is 22.9. The number of carbonyl (C=O) groups is 1. The van der Waals surface area contributed by atoms with Crippen LogP contribution in [0.3, 0.4) is 0 Å². The summed E-state index contributed by atoms with van der Waals surface area (Å²) in [6.07, 6.45) is 0. The van der Waals surface area contributed by atoms with E-state index in [1.54, 1.807) is 24.3 Å². The van der Waals surface area contributed by atoms with Crippen LogP contribution in [0.15, 0.2) is 83.8 Å². The van der Waals surface area contributed by atoms with Crippen molar-refractivity contribution in [2.75, 3.05) is 19.0 Å². The third-order valence-electron chi connectivity index (χ3n) is 4.71. The van der Waals surface area contributed by atoms with Crippen molar-refractivity contribution in [1.29, 1.82) is 0 Å². The molecule has 0 fully saturated rings. The Morgan fingerprint density at radius 3 is 2.24 bits per heavy atom. The highest BCUT2D eigenvalue weighted by Gasteiger charge is 2.20. The molecule has 0 unspecified atom stereocenters. The van der Waals surface area contributed by atoms with E-state index >= 15 is 0 Å². The van der Waals surface area contributed by atoms with Crippen LogP contribution in [-0.4, -0.2) is 37.4 Å². The third kappa shape index (κ3) is 7.11. The van der Waals surface area contributed by atoms with Crippen molar-refractivity contribution in [2.45, 2.75) is 18.4 Å². The number of rotatable bonds is 8. The summed E-state index contributed by atoms with van der Waals surface area (Å²) in [6.45, 7) is 2.05. The summed E-state index contributed by atoms with van der Waals surface area (Å²) in [7, 11) is -2.11. The fraction of sp³-hybridized carbons (Fsp3) is 0.167. The van der Waals surface area contributed by atoms with Crippen LogP contribution >= 0.6 is 12.2 Å². The lowest BCUT2D eigenvalue weighted by Gasteiger charge is -2.17. The molecule has 0 spiro atoms. The van der Waals surface area contributed by atoms with Crippen LogP contribution in [0, 0.1) is 6.92 Å². The van der Waals surface area contributed by atoms with Gasteiger partial charge >= 0.3 is 0 Å². The van der Waals surface area contributed by atoms with Crippen LogP contribution in [0.5, 0.6) is 5.75 Å². The van der Waals surface area contributed by atoms with Gasteiger partial charge in [0.1, 0.15) is 5.75 Å². The van der Waals surface area contributed by atoms with Gasteiger partial charge in [-0.15, -0.1) is 0 Å². The molecule has 3 rings (SSSR count). The Balaban J connectivity index is 1.52. The van der Waals surface area contributed by atoms with Gasteiger partial charge < -0.3 is 10.1 Å². The van der Waals surface area contributed by atoms with Crippen molar-refractivity contribution >= 4 is 38.9 Å². The summed E-state index contributed by atoms with van der Waals surface area (Å²) in [5.74, 6) is 0.179. The summed E-state index contributed by atoms with van der Waals surface area (Å²) < 4.78 is 32.4. The number of hydrogen-bond donors (Lipinski definition) is 2. The van der Waals surface area contributed by atoms with E-state index in [9.17, 15) is 13.2 Å². The molecule has 0 aliphatic carbocycles. The molecule has 7 nitrogen and oxygen atoms in total. The van der Waals surface area contributed by atoms with Crippen molar-refractivity contribution in [1.82, 2.24) is 9.62 Å². The van der Waals surface area contributed by atoms with Gasteiger partial charge in [-0.1, -0.05) is 48.0 Å². The summed E-state index contributed by atoms with van der Waals surface area (Å²) in [5.41, 5.74) is 2.54. The van der Waals surface area contributed by atoms with E-state index in [1.165, 1.54) is 23.5 Å². The van der Waals surface area contributed by atoms with E-state index in [2.05, 4.69) is 10.6 Å². The number of sulfonamides is 1. The number of hydrogen-bond acceptors (Lipinski definition) is 5. The highest BCUT2D eigenvalue weighted by molar-refractivity contribution is 7.89. The Morgan fingerprint density at radius 2 is 1.61 bits per heavy atom. The molecule has 0 saturated carbocycles. The summed E-state index contributed by atoms with van der Waals surface area (Å²) in [4.78, 5) is 12.2. The molecule has 0 bridgehead atoms. The topological polar surface area (TPSA) is 87.7 Å². The Labute approximate surface area is 199 Å². The number of amides is 1. The molecule has 3 aromatic carbocycles. The first kappa shape index (κ1) is 24.4. The number of thiocarbonyl (C=S) groups is 1. The molecular weight excluding hydrogens is 458 g/mol. The van der Waals surface area contributed by atoms with Gasteiger partial charge in [0.25, 0.3) is 5.91 Å². The molecule has 2 N–H and O–H groups in total. The van der Waals surface area contributed by atoms with Gasteiger partial charge in [-0.2, -0.15) is 4.31 Å². The SMILES string of the molecule is Cc1ccc(OCC(=O)NC(=S)Nc2ccc(S(=O)(=O)N(C)Cc3ccccc3)cc2)cc1. The lowest BCUT2D eigenvalue weighted by atomic mass is 10.2. The predicted octanol–water partition coefficient (Wildman–Crippen LogP) is 3.71. The second-order valence-electron chi connectivity index (χ2n) is 7.38. The fourth-order valence-corrected chi connectivity index (χ4v) is 4.31. The molecule has 33 heavy (non-hydrogen) atoms. The van der Waals surface area contributed by atoms with Crippen LogP contribution < -0.4 is 15.4 Å². The number of ether oxygens (including phenoxy) is 1. The Kier molecular flexibility index (Phi) is 8.16. The van der Waals surface area contributed by atoms with Crippen molar-refractivity contribution < 1.29 is 17.9 Å².